The molecule has 0 saturated carbocycles. The lowest BCUT2D eigenvalue weighted by Crippen LogP contribution is -2.07. The van der Waals surface area contributed by atoms with Crippen molar-refractivity contribution in [3.8, 4) is 0 Å². The van der Waals surface area contributed by atoms with Gasteiger partial charge in [-0.3, -0.25) is 4.99 Å². The lowest BCUT2D eigenvalue weighted by atomic mass is 9.69. The molecular weight excluding hydrogens is 219 g/mol. The van der Waals surface area contributed by atoms with Gasteiger partial charge < -0.3 is 5.32 Å². The predicted octanol–water partition coefficient (Wildman–Crippen LogP) is 3.77. The molecule has 0 spiro atoms. The fourth-order valence-corrected chi connectivity index (χ4v) is 2.18. The zero-order valence-electron chi connectivity index (χ0n) is 11.2. The second-order valence-electron chi connectivity index (χ2n) is 4.81. The Morgan fingerprint density at radius 1 is 1.17 bits per heavy atom. The number of anilines is 1. The first-order valence-electron chi connectivity index (χ1n) is 6.98. The van der Waals surface area contributed by atoms with E-state index in [4.69, 9.17) is 0 Å². The van der Waals surface area contributed by atoms with E-state index in [9.17, 15) is 0 Å². The first kappa shape index (κ1) is 12.9. The maximum absolute atomic E-state index is 4.36. The van der Waals surface area contributed by atoms with Gasteiger partial charge in [0.1, 0.15) is 0 Å². The largest absolute Gasteiger partial charge is 0.366 e. The van der Waals surface area contributed by atoms with E-state index in [1.54, 1.807) is 0 Å². The summed E-state index contributed by atoms with van der Waals surface area (Å²) in [6, 6.07) is 8.30. The molecule has 1 N–H and O–H groups in total. The molecule has 0 saturated heterocycles. The summed E-state index contributed by atoms with van der Waals surface area (Å²) < 4.78 is 0. The van der Waals surface area contributed by atoms with Crippen LogP contribution in [0.2, 0.25) is 6.32 Å². The second kappa shape index (κ2) is 7.05. The molecule has 1 aromatic rings. The minimum atomic E-state index is 1.09. The van der Waals surface area contributed by atoms with E-state index < -0.39 is 0 Å². The Morgan fingerprint density at radius 2 is 2.06 bits per heavy atom. The number of rotatable bonds is 6. The molecule has 1 heterocycles. The van der Waals surface area contributed by atoms with Crippen LogP contribution in [0.4, 0.5) is 5.69 Å². The van der Waals surface area contributed by atoms with Crippen molar-refractivity contribution in [3.05, 3.63) is 41.6 Å². The molecule has 2 rings (SSSR count). The van der Waals surface area contributed by atoms with E-state index in [1.165, 1.54) is 43.3 Å². The zero-order chi connectivity index (χ0) is 12.6. The smallest absolute Gasteiger partial charge is 0.181 e. The highest BCUT2D eigenvalue weighted by molar-refractivity contribution is 6.46. The molecule has 0 aromatic heterocycles. The standard InChI is InChI=1S/C15H21BN2/c1-2-3-4-7-10-16-15-12-17-11-13-8-5-6-9-14(13)18-15/h5-6,8-9,11-12,16,18H,2-4,7,10H2,1H3. The van der Waals surface area contributed by atoms with Gasteiger partial charge in [0.15, 0.2) is 7.28 Å². The number of hydrogen-bond donors (Lipinski definition) is 1. The summed E-state index contributed by atoms with van der Waals surface area (Å²) in [5, 5.41) is 3.49. The van der Waals surface area contributed by atoms with Crippen LogP contribution in [-0.2, 0) is 0 Å². The lowest BCUT2D eigenvalue weighted by molar-refractivity contribution is 0.700. The zero-order valence-corrected chi connectivity index (χ0v) is 11.2. The minimum Gasteiger partial charge on any atom is -0.366 e. The van der Waals surface area contributed by atoms with Crippen LogP contribution >= 0.6 is 0 Å². The van der Waals surface area contributed by atoms with Crippen molar-refractivity contribution in [2.75, 3.05) is 5.32 Å². The highest BCUT2D eigenvalue weighted by Gasteiger charge is 2.06. The topological polar surface area (TPSA) is 24.4 Å². The molecule has 0 radical (unpaired) electrons. The van der Waals surface area contributed by atoms with Gasteiger partial charge in [-0.05, 0) is 11.7 Å². The third-order valence-corrected chi connectivity index (χ3v) is 3.25. The molecule has 18 heavy (non-hydrogen) atoms. The fraction of sp³-hybridized carbons (Fsp3) is 0.400. The summed E-state index contributed by atoms with van der Waals surface area (Å²) >= 11 is 0. The number of aliphatic imine (C=N–C) groups is 1. The monoisotopic (exact) mass is 240 g/mol. The van der Waals surface area contributed by atoms with Gasteiger partial charge in [-0.25, -0.2) is 0 Å². The van der Waals surface area contributed by atoms with Gasteiger partial charge in [0, 0.05) is 23.7 Å². The maximum atomic E-state index is 4.36. The maximum Gasteiger partial charge on any atom is 0.181 e. The van der Waals surface area contributed by atoms with Gasteiger partial charge in [0.25, 0.3) is 0 Å². The molecule has 1 aliphatic heterocycles. The van der Waals surface area contributed by atoms with E-state index in [1.807, 2.05) is 18.5 Å². The Morgan fingerprint density at radius 3 is 2.94 bits per heavy atom. The van der Waals surface area contributed by atoms with Crippen LogP contribution in [0.15, 0.2) is 41.1 Å². The molecule has 0 unspecified atom stereocenters. The highest BCUT2D eigenvalue weighted by atomic mass is 14.9. The molecule has 1 aromatic carbocycles. The average molecular weight is 240 g/mol. The Kier molecular flexibility index (Phi) is 5.07. The molecule has 0 bridgehead atoms. The van der Waals surface area contributed by atoms with Gasteiger partial charge >= 0.3 is 0 Å². The average Bonchev–Trinajstić information content (AvgIpc) is 2.60. The Hall–Kier alpha value is -1.51. The van der Waals surface area contributed by atoms with Crippen LogP contribution in [0.5, 0.6) is 0 Å². The molecule has 94 valence electrons. The Labute approximate surface area is 110 Å². The van der Waals surface area contributed by atoms with Crippen LogP contribution in [-0.4, -0.2) is 13.5 Å². The summed E-state index contributed by atoms with van der Waals surface area (Å²) in [5.74, 6) is 0. The first-order valence-corrected chi connectivity index (χ1v) is 6.98. The highest BCUT2D eigenvalue weighted by Crippen LogP contribution is 2.18. The van der Waals surface area contributed by atoms with Crippen LogP contribution in [0.3, 0.4) is 0 Å². The SMILES string of the molecule is CCCCCCBC1=CN=Cc2ccccc2N1. The predicted molar refractivity (Wildman–Crippen MR) is 81.8 cm³/mol. The van der Waals surface area contributed by atoms with Crippen LogP contribution in [0.25, 0.3) is 0 Å². The quantitative estimate of drug-likeness (QED) is 0.594. The summed E-state index contributed by atoms with van der Waals surface area (Å²) in [6.45, 7) is 2.25. The summed E-state index contributed by atoms with van der Waals surface area (Å²) in [7, 11) is 1.09. The number of benzene rings is 1. The summed E-state index contributed by atoms with van der Waals surface area (Å²) in [6.07, 6.45) is 10.5. The van der Waals surface area contributed by atoms with Gasteiger partial charge in [-0.2, -0.15) is 0 Å². The van der Waals surface area contributed by atoms with Gasteiger partial charge in [-0.1, -0.05) is 57.1 Å². The van der Waals surface area contributed by atoms with Crippen LogP contribution in [0, 0.1) is 0 Å². The van der Waals surface area contributed by atoms with E-state index >= 15 is 0 Å². The van der Waals surface area contributed by atoms with Crippen LogP contribution in [0.1, 0.15) is 38.2 Å². The number of fused-ring (bicyclic) bond motifs is 1. The van der Waals surface area contributed by atoms with Gasteiger partial charge in [0.2, 0.25) is 0 Å². The molecule has 2 nitrogen and oxygen atoms in total. The van der Waals surface area contributed by atoms with E-state index in [0.717, 1.165) is 12.8 Å². The van der Waals surface area contributed by atoms with Crippen molar-refractivity contribution in [2.45, 2.75) is 38.9 Å². The molecule has 1 aliphatic rings. The molecule has 0 amide bonds. The van der Waals surface area contributed by atoms with Gasteiger partial charge in [0.05, 0.1) is 0 Å². The Balaban J connectivity index is 1.85. The van der Waals surface area contributed by atoms with Crippen molar-refractivity contribution in [1.82, 2.24) is 0 Å². The van der Waals surface area contributed by atoms with Crippen molar-refractivity contribution < 1.29 is 0 Å². The first-order chi connectivity index (χ1) is 8.90. The van der Waals surface area contributed by atoms with Crippen LogP contribution < -0.4 is 5.32 Å². The third kappa shape index (κ3) is 3.76. The third-order valence-electron chi connectivity index (χ3n) is 3.25. The molecule has 0 fully saturated rings. The van der Waals surface area contributed by atoms with E-state index in [0.29, 0.717) is 0 Å². The number of para-hydroxylation sites is 1. The second-order valence-corrected chi connectivity index (χ2v) is 4.81. The number of hydrogen-bond acceptors (Lipinski definition) is 2. The van der Waals surface area contributed by atoms with Gasteiger partial charge in [-0.15, -0.1) is 0 Å². The number of nitrogens with zero attached hydrogens (tertiary/aromatic N) is 1. The van der Waals surface area contributed by atoms with E-state index in [-0.39, 0.29) is 0 Å². The summed E-state index contributed by atoms with van der Waals surface area (Å²) in [4.78, 5) is 4.36. The van der Waals surface area contributed by atoms with Crippen molar-refractivity contribution in [1.29, 1.82) is 0 Å². The van der Waals surface area contributed by atoms with Crippen molar-refractivity contribution >= 4 is 19.2 Å². The Bertz CT molecular complexity index is 438. The van der Waals surface area contributed by atoms with Crippen molar-refractivity contribution in [2.24, 2.45) is 4.99 Å². The molecule has 0 aliphatic carbocycles. The van der Waals surface area contributed by atoms with Crippen molar-refractivity contribution in [3.63, 3.8) is 0 Å². The minimum absolute atomic E-state index is 1.09. The number of nitrogens with one attached hydrogen (secondary N) is 1. The summed E-state index contributed by atoms with van der Waals surface area (Å²) in [5.41, 5.74) is 3.56. The lowest BCUT2D eigenvalue weighted by Gasteiger charge is -2.09. The fourth-order valence-electron chi connectivity index (χ4n) is 2.18. The normalized spacial score (nSPS) is 13.3. The molecular formula is C15H21BN2. The van der Waals surface area contributed by atoms with E-state index in [2.05, 4.69) is 35.4 Å². The molecule has 3 heteroatoms. The molecule has 0 atom stereocenters. The number of unbranched alkanes of at least 4 members (excludes halogenated alkanes) is 3.